The molecule has 0 aliphatic rings. The van der Waals surface area contributed by atoms with Gasteiger partial charge in [-0.15, -0.1) is 6.58 Å². The molecule has 13 heavy (non-hydrogen) atoms. The zero-order chi connectivity index (χ0) is 9.52. The Balaban J connectivity index is 2.56. The number of benzene rings is 1. The molecule has 0 radical (unpaired) electrons. The Bertz CT molecular complexity index is 269. The molecular weight excluding hydrogens is 162 g/mol. The zero-order valence-electron chi connectivity index (χ0n) is 7.52. The average Bonchev–Trinajstić information content (AvgIpc) is 2.19. The molecule has 1 aromatic carbocycles. The third-order valence-corrected chi connectivity index (χ3v) is 1.74. The van der Waals surface area contributed by atoms with Gasteiger partial charge in [0, 0.05) is 13.1 Å². The van der Waals surface area contributed by atoms with Gasteiger partial charge in [-0.25, -0.2) is 0 Å². The highest BCUT2D eigenvalue weighted by atomic mass is 16.1. The van der Waals surface area contributed by atoms with E-state index in [1.807, 2.05) is 30.3 Å². The van der Waals surface area contributed by atoms with Crippen molar-refractivity contribution in [2.24, 2.45) is 0 Å². The summed E-state index contributed by atoms with van der Waals surface area (Å²) < 4.78 is 0. The third-order valence-electron chi connectivity index (χ3n) is 1.74. The van der Waals surface area contributed by atoms with Crippen molar-refractivity contribution in [3.8, 4) is 0 Å². The minimum Gasteiger partial charge on any atom is -0.337 e. The Morgan fingerprint density at radius 3 is 2.54 bits per heavy atom. The highest BCUT2D eigenvalue weighted by Crippen LogP contribution is 2.01. The maximum atomic E-state index is 10.6. The molecule has 2 nitrogen and oxygen atoms in total. The van der Waals surface area contributed by atoms with E-state index in [4.69, 9.17) is 0 Å². The van der Waals surface area contributed by atoms with Crippen molar-refractivity contribution in [3.05, 3.63) is 48.6 Å². The molecule has 0 N–H and O–H groups in total. The summed E-state index contributed by atoms with van der Waals surface area (Å²) in [5, 5.41) is 0. The first-order chi connectivity index (χ1) is 6.36. The number of amides is 1. The molecule has 0 fully saturated rings. The molecule has 0 heterocycles. The molecule has 0 saturated carbocycles. The summed E-state index contributed by atoms with van der Waals surface area (Å²) >= 11 is 0. The first-order valence-electron chi connectivity index (χ1n) is 4.21. The molecule has 0 aliphatic carbocycles. The predicted octanol–water partition coefficient (Wildman–Crippen LogP) is 1.83. The van der Waals surface area contributed by atoms with Gasteiger partial charge in [-0.05, 0) is 5.56 Å². The van der Waals surface area contributed by atoms with E-state index >= 15 is 0 Å². The summed E-state index contributed by atoms with van der Waals surface area (Å²) in [5.41, 5.74) is 1.14. The lowest BCUT2D eigenvalue weighted by atomic mass is 10.2. The molecule has 0 atom stereocenters. The molecular formula is C11H13NO. The highest BCUT2D eigenvalue weighted by molar-refractivity contribution is 5.47. The highest BCUT2D eigenvalue weighted by Gasteiger charge is 1.98. The van der Waals surface area contributed by atoms with E-state index in [1.54, 1.807) is 11.0 Å². The normalized spacial score (nSPS) is 9.23. The predicted molar refractivity (Wildman–Crippen MR) is 53.1 cm³/mol. The van der Waals surface area contributed by atoms with Gasteiger partial charge in [-0.2, -0.15) is 0 Å². The SMILES string of the molecule is C=CCN(C=O)Cc1ccccc1. The maximum absolute atomic E-state index is 10.6. The van der Waals surface area contributed by atoms with Crippen LogP contribution in [-0.2, 0) is 11.3 Å². The van der Waals surface area contributed by atoms with Gasteiger partial charge in [0.25, 0.3) is 0 Å². The number of carbonyl (C=O) groups is 1. The van der Waals surface area contributed by atoms with Crippen molar-refractivity contribution in [2.75, 3.05) is 6.54 Å². The van der Waals surface area contributed by atoms with Gasteiger partial charge in [-0.1, -0.05) is 36.4 Å². The molecule has 68 valence electrons. The van der Waals surface area contributed by atoms with Gasteiger partial charge >= 0.3 is 0 Å². The van der Waals surface area contributed by atoms with E-state index < -0.39 is 0 Å². The van der Waals surface area contributed by atoms with Crippen LogP contribution < -0.4 is 0 Å². The minimum atomic E-state index is 0.596. The second-order valence-corrected chi connectivity index (χ2v) is 2.81. The van der Waals surface area contributed by atoms with Crippen molar-refractivity contribution in [1.29, 1.82) is 0 Å². The molecule has 0 spiro atoms. The molecule has 2 heteroatoms. The molecule has 0 unspecified atom stereocenters. The van der Waals surface area contributed by atoms with Crippen LogP contribution >= 0.6 is 0 Å². The van der Waals surface area contributed by atoms with E-state index in [1.165, 1.54) is 0 Å². The number of hydrogen-bond acceptors (Lipinski definition) is 1. The maximum Gasteiger partial charge on any atom is 0.210 e. The fourth-order valence-corrected chi connectivity index (χ4v) is 1.13. The molecule has 0 bridgehead atoms. The minimum absolute atomic E-state index is 0.596. The standard InChI is InChI=1S/C11H13NO/c1-2-8-12(10-13)9-11-6-4-3-5-7-11/h2-7,10H,1,8-9H2. The Morgan fingerprint density at radius 2 is 2.00 bits per heavy atom. The van der Waals surface area contributed by atoms with Crippen molar-refractivity contribution in [1.82, 2.24) is 4.90 Å². The van der Waals surface area contributed by atoms with Crippen LogP contribution in [0.2, 0.25) is 0 Å². The van der Waals surface area contributed by atoms with Crippen molar-refractivity contribution < 1.29 is 4.79 Å². The van der Waals surface area contributed by atoms with Crippen LogP contribution in [-0.4, -0.2) is 17.9 Å². The van der Waals surface area contributed by atoms with Gasteiger partial charge in [0.05, 0.1) is 0 Å². The lowest BCUT2D eigenvalue weighted by Crippen LogP contribution is -2.20. The van der Waals surface area contributed by atoms with Gasteiger partial charge in [0.1, 0.15) is 0 Å². The number of nitrogens with zero attached hydrogens (tertiary/aromatic N) is 1. The van der Waals surface area contributed by atoms with Crippen molar-refractivity contribution >= 4 is 6.41 Å². The van der Waals surface area contributed by atoms with Gasteiger partial charge in [-0.3, -0.25) is 4.79 Å². The smallest absolute Gasteiger partial charge is 0.210 e. The van der Waals surface area contributed by atoms with Crippen molar-refractivity contribution in [2.45, 2.75) is 6.54 Å². The van der Waals surface area contributed by atoms with Gasteiger partial charge in [0.15, 0.2) is 0 Å². The Kier molecular flexibility index (Phi) is 3.76. The van der Waals surface area contributed by atoms with E-state index in [0.29, 0.717) is 13.1 Å². The topological polar surface area (TPSA) is 20.3 Å². The van der Waals surface area contributed by atoms with Crippen LogP contribution in [0.15, 0.2) is 43.0 Å². The first-order valence-corrected chi connectivity index (χ1v) is 4.21. The summed E-state index contributed by atoms with van der Waals surface area (Å²) in [6.07, 6.45) is 2.56. The number of rotatable bonds is 5. The molecule has 1 amide bonds. The number of hydrogen-bond donors (Lipinski definition) is 0. The largest absolute Gasteiger partial charge is 0.337 e. The summed E-state index contributed by atoms with van der Waals surface area (Å²) in [7, 11) is 0. The lowest BCUT2D eigenvalue weighted by Gasteiger charge is -2.14. The summed E-state index contributed by atoms with van der Waals surface area (Å²) in [6, 6.07) is 9.89. The summed E-state index contributed by atoms with van der Waals surface area (Å²) in [4.78, 5) is 12.2. The van der Waals surface area contributed by atoms with E-state index in [-0.39, 0.29) is 0 Å². The van der Waals surface area contributed by atoms with E-state index in [0.717, 1.165) is 12.0 Å². The van der Waals surface area contributed by atoms with Crippen LogP contribution in [0.1, 0.15) is 5.56 Å². The molecule has 0 aromatic heterocycles. The van der Waals surface area contributed by atoms with E-state index in [2.05, 4.69) is 6.58 Å². The van der Waals surface area contributed by atoms with Crippen molar-refractivity contribution in [3.63, 3.8) is 0 Å². The Morgan fingerprint density at radius 1 is 1.31 bits per heavy atom. The van der Waals surface area contributed by atoms with Gasteiger partial charge < -0.3 is 4.90 Å². The van der Waals surface area contributed by atoms with Crippen LogP contribution in [0.4, 0.5) is 0 Å². The molecule has 0 aliphatic heterocycles. The molecule has 0 saturated heterocycles. The third kappa shape index (κ3) is 3.11. The zero-order valence-corrected chi connectivity index (χ0v) is 7.52. The second kappa shape index (κ2) is 5.14. The van der Waals surface area contributed by atoms with Crippen LogP contribution in [0.5, 0.6) is 0 Å². The van der Waals surface area contributed by atoms with Crippen LogP contribution in [0, 0.1) is 0 Å². The monoisotopic (exact) mass is 175 g/mol. The Labute approximate surface area is 78.5 Å². The average molecular weight is 175 g/mol. The van der Waals surface area contributed by atoms with E-state index in [9.17, 15) is 4.79 Å². The summed E-state index contributed by atoms with van der Waals surface area (Å²) in [5.74, 6) is 0. The quantitative estimate of drug-likeness (QED) is 0.494. The molecule has 1 aromatic rings. The second-order valence-electron chi connectivity index (χ2n) is 2.81. The van der Waals surface area contributed by atoms with Crippen LogP contribution in [0.3, 0.4) is 0 Å². The van der Waals surface area contributed by atoms with Crippen LogP contribution in [0.25, 0.3) is 0 Å². The Hall–Kier alpha value is -1.57. The molecule has 1 rings (SSSR count). The lowest BCUT2D eigenvalue weighted by molar-refractivity contribution is -0.118. The fraction of sp³-hybridized carbons (Fsp3) is 0.182. The summed E-state index contributed by atoms with van der Waals surface area (Å²) in [6.45, 7) is 4.83. The van der Waals surface area contributed by atoms with Gasteiger partial charge in [0.2, 0.25) is 6.41 Å². The first kappa shape index (κ1) is 9.52. The number of carbonyl (C=O) groups excluding carboxylic acids is 1. The fourth-order valence-electron chi connectivity index (χ4n) is 1.13.